The summed E-state index contributed by atoms with van der Waals surface area (Å²) in [6.45, 7) is 3.41. The number of hydrogen-bond donors (Lipinski definition) is 4. The number of carbonyl (C=O) groups excluding carboxylic acids is 2. The van der Waals surface area contributed by atoms with Gasteiger partial charge in [-0.3, -0.25) is 9.59 Å². The van der Waals surface area contributed by atoms with Crippen molar-refractivity contribution in [2.24, 2.45) is 0 Å². The minimum absolute atomic E-state index is 0.211. The number of rotatable bonds is 39. The summed E-state index contributed by atoms with van der Waals surface area (Å²) in [5.74, 6) is -0.821. The molecular weight excluding hydrogens is 725 g/mol. The highest BCUT2D eigenvalue weighted by atomic mass is 16.7. The molecule has 1 heterocycles. The first-order valence-corrected chi connectivity index (χ1v) is 23.4. The molecule has 1 aliphatic heterocycles. The van der Waals surface area contributed by atoms with Crippen LogP contribution >= 0.6 is 0 Å². The molecule has 6 atom stereocenters. The van der Waals surface area contributed by atoms with Gasteiger partial charge < -0.3 is 39.4 Å². The third kappa shape index (κ3) is 30.0. The van der Waals surface area contributed by atoms with Crippen molar-refractivity contribution in [1.29, 1.82) is 0 Å². The van der Waals surface area contributed by atoms with Crippen molar-refractivity contribution in [3.05, 3.63) is 24.3 Å². The lowest BCUT2D eigenvalue weighted by Gasteiger charge is -2.39. The summed E-state index contributed by atoms with van der Waals surface area (Å²) in [4.78, 5) is 25.3. The van der Waals surface area contributed by atoms with Crippen LogP contribution in [0.3, 0.4) is 0 Å². The number of allylic oxidation sites excluding steroid dienone is 4. The van der Waals surface area contributed by atoms with Gasteiger partial charge in [0.25, 0.3) is 0 Å². The molecule has 0 aromatic carbocycles. The summed E-state index contributed by atoms with van der Waals surface area (Å²) >= 11 is 0. The van der Waals surface area contributed by atoms with Crippen molar-refractivity contribution >= 4 is 11.9 Å². The lowest BCUT2D eigenvalue weighted by atomic mass is 9.99. The topological polar surface area (TPSA) is 152 Å². The first kappa shape index (κ1) is 53.2. The van der Waals surface area contributed by atoms with Crippen molar-refractivity contribution in [1.82, 2.24) is 0 Å². The zero-order valence-electron chi connectivity index (χ0n) is 36.3. The smallest absolute Gasteiger partial charge is 0.306 e. The fourth-order valence-electron chi connectivity index (χ4n) is 7.06. The van der Waals surface area contributed by atoms with Gasteiger partial charge in [-0.2, -0.15) is 0 Å². The molecule has 4 N–H and O–H groups in total. The number of esters is 2. The van der Waals surface area contributed by atoms with Gasteiger partial charge in [0.05, 0.1) is 13.2 Å². The van der Waals surface area contributed by atoms with Gasteiger partial charge >= 0.3 is 11.9 Å². The third-order valence-corrected chi connectivity index (χ3v) is 10.8. The van der Waals surface area contributed by atoms with E-state index < -0.39 is 49.4 Å². The van der Waals surface area contributed by atoms with Gasteiger partial charge in [-0.05, 0) is 64.2 Å². The molecule has 1 fully saturated rings. The van der Waals surface area contributed by atoms with E-state index in [9.17, 15) is 30.0 Å². The molecule has 10 heteroatoms. The molecule has 0 amide bonds. The molecule has 334 valence electrons. The van der Waals surface area contributed by atoms with Crippen LogP contribution in [0.15, 0.2) is 24.3 Å². The van der Waals surface area contributed by atoms with E-state index in [4.69, 9.17) is 18.9 Å². The molecule has 0 radical (unpaired) electrons. The number of unbranched alkanes of at least 4 members (excludes halogenated alkanes) is 24. The Hall–Kier alpha value is -1.82. The van der Waals surface area contributed by atoms with Crippen LogP contribution in [0.4, 0.5) is 0 Å². The Kier molecular flexibility index (Phi) is 35.8. The highest BCUT2D eigenvalue weighted by Crippen LogP contribution is 2.23. The first-order chi connectivity index (χ1) is 27.8. The monoisotopic (exact) mass is 811 g/mol. The van der Waals surface area contributed by atoms with Gasteiger partial charge in [0.1, 0.15) is 31.0 Å². The van der Waals surface area contributed by atoms with Crippen LogP contribution in [0, 0.1) is 0 Å². The van der Waals surface area contributed by atoms with E-state index in [2.05, 4.69) is 38.2 Å². The Morgan fingerprint density at radius 3 is 1.40 bits per heavy atom. The van der Waals surface area contributed by atoms with E-state index in [1.54, 1.807) is 0 Å². The molecule has 10 nitrogen and oxygen atoms in total. The van der Waals surface area contributed by atoms with Crippen molar-refractivity contribution < 1.29 is 49.0 Å². The van der Waals surface area contributed by atoms with E-state index in [1.165, 1.54) is 122 Å². The lowest BCUT2D eigenvalue weighted by Crippen LogP contribution is -2.59. The van der Waals surface area contributed by atoms with Crippen LogP contribution in [-0.4, -0.2) is 89.0 Å². The van der Waals surface area contributed by atoms with Gasteiger partial charge in [0.2, 0.25) is 0 Å². The maximum Gasteiger partial charge on any atom is 0.306 e. The minimum Gasteiger partial charge on any atom is -0.462 e. The van der Waals surface area contributed by atoms with E-state index in [-0.39, 0.29) is 32.0 Å². The summed E-state index contributed by atoms with van der Waals surface area (Å²) in [5, 5.41) is 40.1. The second kappa shape index (κ2) is 38.4. The van der Waals surface area contributed by atoms with Crippen LogP contribution in [0.5, 0.6) is 0 Å². The van der Waals surface area contributed by atoms with Gasteiger partial charge in [0, 0.05) is 12.8 Å². The SMILES string of the molecule is CCCCCC/C=C/CCCCCCCCCCCC(=O)OC[C@@H](CO[C@H]1O[C@@H](CO)[C@@H](O)C(O)C1O)OC(=O)CCCCC/C=C/CCCCCCCCCC. The highest BCUT2D eigenvalue weighted by molar-refractivity contribution is 5.70. The molecule has 0 aliphatic carbocycles. The standard InChI is InChI=1S/C47H86O10/c1-3-5-7-9-11-13-15-17-19-20-22-23-25-27-29-31-33-35-42(49)54-38-40(39-55-47-46(53)45(52)44(51)41(37-48)57-47)56-43(50)36-34-32-30-28-26-24-21-18-16-14-12-10-8-6-4-2/h13,15,24,26,40-41,44-48,51-53H,3-12,14,16-23,25,27-39H2,1-2H3/b15-13+,26-24+/t40-,41-,44+,45?,46?,47-/m0/s1. The predicted octanol–water partition coefficient (Wildman–Crippen LogP) is 10.1. The minimum atomic E-state index is -1.60. The zero-order chi connectivity index (χ0) is 41.6. The molecule has 1 aliphatic rings. The molecule has 2 unspecified atom stereocenters. The van der Waals surface area contributed by atoms with Crippen molar-refractivity contribution in [2.75, 3.05) is 19.8 Å². The highest BCUT2D eigenvalue weighted by Gasteiger charge is 2.44. The normalized spacial score (nSPS) is 20.4. The largest absolute Gasteiger partial charge is 0.462 e. The maximum absolute atomic E-state index is 12.8. The quantitative estimate of drug-likeness (QED) is 0.0268. The molecule has 0 spiro atoms. The van der Waals surface area contributed by atoms with Gasteiger partial charge in [0.15, 0.2) is 12.4 Å². The Morgan fingerprint density at radius 2 is 0.930 bits per heavy atom. The summed E-state index contributed by atoms with van der Waals surface area (Å²) in [7, 11) is 0. The molecule has 57 heavy (non-hydrogen) atoms. The summed E-state index contributed by atoms with van der Waals surface area (Å²) in [5.41, 5.74) is 0. The molecule has 0 aromatic heterocycles. The summed E-state index contributed by atoms with van der Waals surface area (Å²) in [6.07, 6.45) is 34.7. The van der Waals surface area contributed by atoms with Crippen LogP contribution < -0.4 is 0 Å². The summed E-state index contributed by atoms with van der Waals surface area (Å²) < 4.78 is 22.2. The van der Waals surface area contributed by atoms with E-state index in [0.29, 0.717) is 6.42 Å². The molecular formula is C47H86O10. The van der Waals surface area contributed by atoms with E-state index >= 15 is 0 Å². The Bertz CT molecular complexity index is 985. The van der Waals surface area contributed by atoms with E-state index in [0.717, 1.165) is 51.4 Å². The van der Waals surface area contributed by atoms with Crippen molar-refractivity contribution in [3.8, 4) is 0 Å². The molecule has 0 aromatic rings. The van der Waals surface area contributed by atoms with Gasteiger partial charge in [-0.25, -0.2) is 0 Å². The Balaban J connectivity index is 2.31. The third-order valence-electron chi connectivity index (χ3n) is 10.8. The number of carbonyl (C=O) groups is 2. The van der Waals surface area contributed by atoms with E-state index in [1.807, 2.05) is 0 Å². The van der Waals surface area contributed by atoms with Crippen molar-refractivity contribution in [2.45, 2.75) is 243 Å². The number of aliphatic hydroxyl groups is 4. The average molecular weight is 811 g/mol. The first-order valence-electron chi connectivity index (χ1n) is 23.4. The maximum atomic E-state index is 12.8. The Labute approximate surface area is 347 Å². The molecule has 0 bridgehead atoms. The van der Waals surface area contributed by atoms with Gasteiger partial charge in [-0.1, -0.05) is 154 Å². The molecule has 1 saturated heterocycles. The van der Waals surface area contributed by atoms with Gasteiger partial charge in [-0.15, -0.1) is 0 Å². The van der Waals surface area contributed by atoms with Crippen LogP contribution in [0.25, 0.3) is 0 Å². The number of ether oxygens (including phenoxy) is 4. The summed E-state index contributed by atoms with van der Waals surface area (Å²) in [6, 6.07) is 0. The average Bonchev–Trinajstić information content (AvgIpc) is 3.21. The fraction of sp³-hybridized carbons (Fsp3) is 0.872. The second-order valence-electron chi connectivity index (χ2n) is 16.2. The van der Waals surface area contributed by atoms with Crippen LogP contribution in [0.1, 0.15) is 206 Å². The Morgan fingerprint density at radius 1 is 0.526 bits per heavy atom. The van der Waals surface area contributed by atoms with Crippen LogP contribution in [-0.2, 0) is 28.5 Å². The molecule has 0 saturated carbocycles. The van der Waals surface area contributed by atoms with Crippen molar-refractivity contribution in [3.63, 3.8) is 0 Å². The van der Waals surface area contributed by atoms with Crippen LogP contribution in [0.2, 0.25) is 0 Å². The lowest BCUT2D eigenvalue weighted by molar-refractivity contribution is -0.305. The number of hydrogen-bond acceptors (Lipinski definition) is 10. The fourth-order valence-corrected chi connectivity index (χ4v) is 7.06. The predicted molar refractivity (Wildman–Crippen MR) is 229 cm³/mol. The second-order valence-corrected chi connectivity index (χ2v) is 16.2. The molecule has 1 rings (SSSR count). The number of aliphatic hydroxyl groups excluding tert-OH is 4. The zero-order valence-corrected chi connectivity index (χ0v) is 36.3.